The zero-order valence-electron chi connectivity index (χ0n) is 21.3. The molecule has 3 nitrogen and oxygen atoms in total. The number of benzene rings is 3. The summed E-state index contributed by atoms with van der Waals surface area (Å²) >= 11 is 0. The van der Waals surface area contributed by atoms with Crippen LogP contribution in [0.4, 0.5) is 4.39 Å². The van der Waals surface area contributed by atoms with Crippen molar-refractivity contribution in [2.75, 3.05) is 0 Å². The van der Waals surface area contributed by atoms with Gasteiger partial charge in [0, 0.05) is 28.0 Å². The smallest absolute Gasteiger partial charge is 0.219 e. The van der Waals surface area contributed by atoms with Crippen molar-refractivity contribution in [2.24, 2.45) is 12.5 Å². The SMILES string of the molecule is Cc1c[n+](C)c(-c2c(C)ccc3c2oc2c(-c4ccc5c(c4)CC(C)(C)C5)c(C#N)ccc23)cc1F. The van der Waals surface area contributed by atoms with E-state index >= 15 is 0 Å². The first kappa shape index (κ1) is 22.5. The van der Waals surface area contributed by atoms with E-state index in [-0.39, 0.29) is 11.2 Å². The number of fused-ring (bicyclic) bond motifs is 4. The molecule has 4 heteroatoms. The van der Waals surface area contributed by atoms with Crippen LogP contribution in [0.3, 0.4) is 0 Å². The lowest BCUT2D eigenvalue weighted by Gasteiger charge is -2.14. The van der Waals surface area contributed by atoms with Crippen LogP contribution in [0, 0.1) is 36.4 Å². The van der Waals surface area contributed by atoms with Crippen LogP contribution in [-0.4, -0.2) is 0 Å². The molecule has 0 N–H and O–H groups in total. The molecule has 36 heavy (non-hydrogen) atoms. The monoisotopic (exact) mass is 475 g/mol. The van der Waals surface area contributed by atoms with E-state index in [0.29, 0.717) is 22.3 Å². The van der Waals surface area contributed by atoms with E-state index in [9.17, 15) is 9.65 Å². The van der Waals surface area contributed by atoms with Crippen molar-refractivity contribution < 1.29 is 13.4 Å². The fourth-order valence-corrected chi connectivity index (χ4v) is 5.92. The Morgan fingerprint density at radius 1 is 0.889 bits per heavy atom. The number of furan rings is 1. The van der Waals surface area contributed by atoms with Gasteiger partial charge in [0.2, 0.25) is 5.69 Å². The number of hydrogen-bond donors (Lipinski definition) is 0. The molecule has 2 aromatic heterocycles. The van der Waals surface area contributed by atoms with E-state index in [1.165, 1.54) is 11.1 Å². The second kappa shape index (κ2) is 7.77. The van der Waals surface area contributed by atoms with Gasteiger partial charge in [-0.05, 0) is 66.5 Å². The summed E-state index contributed by atoms with van der Waals surface area (Å²) in [5, 5.41) is 11.9. The molecule has 2 heterocycles. The number of nitrogens with zero attached hydrogens (tertiary/aromatic N) is 2. The van der Waals surface area contributed by atoms with Gasteiger partial charge in [-0.3, -0.25) is 0 Å². The van der Waals surface area contributed by atoms with E-state index in [1.807, 2.05) is 30.7 Å². The van der Waals surface area contributed by atoms with E-state index in [4.69, 9.17) is 4.42 Å². The third-order valence-electron chi connectivity index (χ3n) is 7.63. The molecule has 0 amide bonds. The summed E-state index contributed by atoms with van der Waals surface area (Å²) in [6.07, 6.45) is 3.89. The third-order valence-corrected chi connectivity index (χ3v) is 7.63. The molecule has 5 aromatic rings. The number of halogens is 1. The number of aryl methyl sites for hydroxylation is 3. The normalized spacial score (nSPS) is 14.4. The van der Waals surface area contributed by atoms with E-state index in [1.54, 1.807) is 19.2 Å². The summed E-state index contributed by atoms with van der Waals surface area (Å²) in [4.78, 5) is 0. The van der Waals surface area contributed by atoms with Crippen molar-refractivity contribution in [3.8, 4) is 28.5 Å². The van der Waals surface area contributed by atoms with Crippen molar-refractivity contribution in [2.45, 2.75) is 40.5 Å². The van der Waals surface area contributed by atoms with Crippen molar-refractivity contribution >= 4 is 21.9 Å². The van der Waals surface area contributed by atoms with Crippen molar-refractivity contribution in [3.63, 3.8) is 0 Å². The maximum atomic E-state index is 14.6. The molecule has 0 unspecified atom stereocenters. The fraction of sp³-hybridized carbons (Fsp3) is 0.250. The Morgan fingerprint density at radius 2 is 1.58 bits per heavy atom. The van der Waals surface area contributed by atoms with Gasteiger partial charge in [-0.2, -0.15) is 5.26 Å². The molecule has 0 fully saturated rings. The molecule has 6 rings (SSSR count). The minimum atomic E-state index is -0.246. The Morgan fingerprint density at radius 3 is 2.33 bits per heavy atom. The Balaban J connectivity index is 1.66. The first-order valence-corrected chi connectivity index (χ1v) is 12.3. The molecule has 0 aliphatic heterocycles. The molecule has 0 atom stereocenters. The highest BCUT2D eigenvalue weighted by Gasteiger charge is 2.29. The summed E-state index contributed by atoms with van der Waals surface area (Å²) in [7, 11) is 1.92. The van der Waals surface area contributed by atoms with Crippen molar-refractivity contribution in [3.05, 3.63) is 88.4 Å². The largest absolute Gasteiger partial charge is 0.454 e. The minimum absolute atomic E-state index is 0.246. The minimum Gasteiger partial charge on any atom is -0.454 e. The second-order valence-electron chi connectivity index (χ2n) is 11.0. The summed E-state index contributed by atoms with van der Waals surface area (Å²) < 4.78 is 23.2. The molecule has 178 valence electrons. The molecule has 0 spiro atoms. The summed E-state index contributed by atoms with van der Waals surface area (Å²) in [6, 6.07) is 18.5. The first-order chi connectivity index (χ1) is 17.2. The highest BCUT2D eigenvalue weighted by Crippen LogP contribution is 2.44. The van der Waals surface area contributed by atoms with Crippen LogP contribution in [-0.2, 0) is 19.9 Å². The number of nitriles is 1. The molecular weight excluding hydrogens is 447 g/mol. The highest BCUT2D eigenvalue weighted by atomic mass is 19.1. The molecule has 3 aromatic carbocycles. The summed E-state index contributed by atoms with van der Waals surface area (Å²) in [5.74, 6) is -0.246. The van der Waals surface area contributed by atoms with Gasteiger partial charge in [-0.25, -0.2) is 8.96 Å². The standard InChI is InChI=1S/C32H28FN2O/c1-18-6-10-24-25-11-9-22(16-34)29(20-7-8-21-14-32(3,4)15-23(21)12-20)31(25)36-30(24)28(18)27-13-26(33)19(2)17-35(27)5/h6-13,17H,14-15H2,1-5H3/q+1. The summed E-state index contributed by atoms with van der Waals surface area (Å²) in [5.41, 5.74) is 10.00. The van der Waals surface area contributed by atoms with Crippen LogP contribution in [0.2, 0.25) is 0 Å². The molecule has 0 radical (unpaired) electrons. The van der Waals surface area contributed by atoms with Gasteiger partial charge in [0.05, 0.1) is 17.2 Å². The van der Waals surface area contributed by atoms with Crippen LogP contribution >= 0.6 is 0 Å². The lowest BCUT2D eigenvalue weighted by atomic mass is 9.90. The Bertz CT molecular complexity index is 1770. The third kappa shape index (κ3) is 3.34. The maximum Gasteiger partial charge on any atom is 0.219 e. The predicted octanol–water partition coefficient (Wildman–Crippen LogP) is 7.50. The average Bonchev–Trinajstić information content (AvgIpc) is 3.35. The predicted molar refractivity (Wildman–Crippen MR) is 141 cm³/mol. The zero-order valence-corrected chi connectivity index (χ0v) is 21.3. The number of aromatic nitrogens is 1. The van der Waals surface area contributed by atoms with Crippen LogP contribution in [0.15, 0.2) is 59.1 Å². The Labute approximate surface area is 210 Å². The van der Waals surface area contributed by atoms with Gasteiger partial charge in [-0.1, -0.05) is 44.2 Å². The lowest BCUT2D eigenvalue weighted by Crippen LogP contribution is -2.31. The van der Waals surface area contributed by atoms with Gasteiger partial charge in [0.25, 0.3) is 0 Å². The van der Waals surface area contributed by atoms with Crippen LogP contribution in [0.5, 0.6) is 0 Å². The van der Waals surface area contributed by atoms with E-state index in [2.05, 4.69) is 50.2 Å². The topological polar surface area (TPSA) is 40.8 Å². The van der Waals surface area contributed by atoms with Crippen molar-refractivity contribution in [1.29, 1.82) is 5.26 Å². The fourth-order valence-electron chi connectivity index (χ4n) is 5.92. The molecule has 0 bridgehead atoms. The number of rotatable bonds is 2. The quantitative estimate of drug-likeness (QED) is 0.248. The number of hydrogen-bond acceptors (Lipinski definition) is 2. The van der Waals surface area contributed by atoms with Gasteiger partial charge in [0.1, 0.15) is 24.0 Å². The van der Waals surface area contributed by atoms with Crippen molar-refractivity contribution in [1.82, 2.24) is 0 Å². The van der Waals surface area contributed by atoms with Crippen LogP contribution < -0.4 is 4.57 Å². The van der Waals surface area contributed by atoms with E-state index < -0.39 is 0 Å². The number of pyridine rings is 1. The highest BCUT2D eigenvalue weighted by molar-refractivity contribution is 6.14. The maximum absolute atomic E-state index is 14.6. The zero-order chi connectivity index (χ0) is 25.4. The van der Waals surface area contributed by atoms with Gasteiger partial charge in [0.15, 0.2) is 6.20 Å². The van der Waals surface area contributed by atoms with Crippen LogP contribution in [0.25, 0.3) is 44.3 Å². The lowest BCUT2D eigenvalue weighted by molar-refractivity contribution is -0.661. The second-order valence-corrected chi connectivity index (χ2v) is 11.0. The molecular formula is C32H28FN2O+. The van der Waals surface area contributed by atoms with E-state index in [0.717, 1.165) is 51.6 Å². The first-order valence-electron chi connectivity index (χ1n) is 12.3. The molecule has 0 saturated carbocycles. The molecule has 0 saturated heterocycles. The van der Waals surface area contributed by atoms with Gasteiger partial charge in [-0.15, -0.1) is 0 Å². The van der Waals surface area contributed by atoms with Crippen LogP contribution in [0.1, 0.15) is 41.7 Å². The average molecular weight is 476 g/mol. The summed E-state index contributed by atoms with van der Waals surface area (Å²) in [6.45, 7) is 8.38. The Kier molecular flexibility index (Phi) is 4.85. The molecule has 1 aliphatic carbocycles. The van der Waals surface area contributed by atoms with Gasteiger partial charge >= 0.3 is 0 Å². The Hall–Kier alpha value is -3.97. The molecule has 1 aliphatic rings. The van der Waals surface area contributed by atoms with Gasteiger partial charge < -0.3 is 4.42 Å².